The summed E-state index contributed by atoms with van der Waals surface area (Å²) in [6.45, 7) is 1.31. The van der Waals surface area contributed by atoms with Gasteiger partial charge in [0.05, 0.1) is 14.2 Å². The molecular formula is C20H26IN3O3S. The predicted octanol–water partition coefficient (Wildman–Crippen LogP) is 3.56. The second-order valence-electron chi connectivity index (χ2n) is 5.54. The van der Waals surface area contributed by atoms with Crippen LogP contribution in [0.3, 0.4) is 0 Å². The number of aliphatic imine (C=N–C) groups is 1. The fourth-order valence-electron chi connectivity index (χ4n) is 2.40. The van der Waals surface area contributed by atoms with Gasteiger partial charge in [-0.25, -0.2) is 4.79 Å². The van der Waals surface area contributed by atoms with E-state index in [4.69, 9.17) is 9.47 Å². The molecular weight excluding hydrogens is 489 g/mol. The molecule has 0 aliphatic rings. The normalized spacial score (nSPS) is 10.6. The van der Waals surface area contributed by atoms with Gasteiger partial charge in [-0.2, -0.15) is 0 Å². The van der Waals surface area contributed by atoms with Gasteiger partial charge in [0, 0.05) is 30.8 Å². The first kappa shape index (κ1) is 24.1. The molecule has 2 aromatic carbocycles. The van der Waals surface area contributed by atoms with Gasteiger partial charge >= 0.3 is 5.97 Å². The van der Waals surface area contributed by atoms with Gasteiger partial charge in [0.2, 0.25) is 0 Å². The molecule has 0 atom stereocenters. The first-order valence-corrected chi connectivity index (χ1v) is 9.54. The minimum Gasteiger partial charge on any atom is -0.496 e. The zero-order chi connectivity index (χ0) is 19.5. The molecule has 0 unspecified atom stereocenters. The summed E-state index contributed by atoms with van der Waals surface area (Å²) >= 11 is 1.79. The van der Waals surface area contributed by atoms with E-state index in [1.807, 2.05) is 24.3 Å². The Kier molecular flexibility index (Phi) is 11.4. The van der Waals surface area contributed by atoms with E-state index in [9.17, 15) is 4.79 Å². The molecule has 0 amide bonds. The molecule has 2 rings (SSSR count). The number of thioether (sulfide) groups is 1. The Bertz CT molecular complexity index is 773. The van der Waals surface area contributed by atoms with Crippen molar-refractivity contribution in [2.24, 2.45) is 4.99 Å². The number of benzene rings is 2. The highest BCUT2D eigenvalue weighted by atomic mass is 127. The van der Waals surface area contributed by atoms with Crippen LogP contribution in [0.4, 0.5) is 0 Å². The lowest BCUT2D eigenvalue weighted by atomic mass is 10.1. The summed E-state index contributed by atoms with van der Waals surface area (Å²) in [7, 11) is 4.61. The first-order valence-electron chi connectivity index (χ1n) is 8.55. The van der Waals surface area contributed by atoms with Gasteiger partial charge in [-0.1, -0.05) is 24.3 Å². The number of methoxy groups -OCH3 is 2. The third kappa shape index (κ3) is 7.59. The Morgan fingerprint density at radius 2 is 1.86 bits per heavy atom. The van der Waals surface area contributed by atoms with Crippen LogP contribution in [-0.4, -0.2) is 45.5 Å². The molecule has 0 saturated heterocycles. The van der Waals surface area contributed by atoms with Crippen LogP contribution in [0.2, 0.25) is 0 Å². The zero-order valence-corrected chi connectivity index (χ0v) is 19.4. The number of nitrogens with zero attached hydrogens (tertiary/aromatic N) is 1. The summed E-state index contributed by atoms with van der Waals surface area (Å²) in [6, 6.07) is 15.7. The number of guanidine groups is 1. The molecule has 0 fully saturated rings. The number of ether oxygens (including phenoxy) is 2. The standard InChI is InChI=1S/C20H25N3O3S.HI/c1-21-20(22-11-12-27-16-7-5-4-6-8-16)23-14-15-9-10-18(25-2)17(13-15)19(24)26-3;/h4-10,13H,11-12,14H2,1-3H3,(H2,21,22,23);1H. The number of rotatable bonds is 8. The van der Waals surface area contributed by atoms with Crippen molar-refractivity contribution in [3.8, 4) is 5.75 Å². The van der Waals surface area contributed by atoms with Crippen LogP contribution in [0, 0.1) is 0 Å². The Morgan fingerprint density at radius 3 is 2.50 bits per heavy atom. The molecule has 0 saturated carbocycles. The number of halogens is 1. The van der Waals surface area contributed by atoms with E-state index in [0.29, 0.717) is 23.8 Å². The van der Waals surface area contributed by atoms with Gasteiger partial charge in [0.25, 0.3) is 0 Å². The van der Waals surface area contributed by atoms with Crippen molar-refractivity contribution in [3.05, 3.63) is 59.7 Å². The van der Waals surface area contributed by atoms with E-state index >= 15 is 0 Å². The fraction of sp³-hybridized carbons (Fsp3) is 0.300. The molecule has 8 heteroatoms. The second-order valence-corrected chi connectivity index (χ2v) is 6.71. The third-order valence-corrected chi connectivity index (χ3v) is 4.77. The van der Waals surface area contributed by atoms with Gasteiger partial charge in [0.1, 0.15) is 11.3 Å². The monoisotopic (exact) mass is 515 g/mol. The third-order valence-electron chi connectivity index (χ3n) is 3.76. The maximum absolute atomic E-state index is 11.9. The summed E-state index contributed by atoms with van der Waals surface area (Å²) in [6.07, 6.45) is 0. The lowest BCUT2D eigenvalue weighted by Crippen LogP contribution is -2.37. The van der Waals surface area contributed by atoms with Gasteiger partial charge < -0.3 is 20.1 Å². The smallest absolute Gasteiger partial charge is 0.341 e. The molecule has 2 N–H and O–H groups in total. The Hall–Kier alpha value is -1.94. The van der Waals surface area contributed by atoms with Crippen molar-refractivity contribution in [2.75, 3.05) is 33.6 Å². The highest BCUT2D eigenvalue weighted by Gasteiger charge is 2.13. The zero-order valence-electron chi connectivity index (χ0n) is 16.2. The SMILES string of the molecule is CN=C(NCCSc1ccccc1)NCc1ccc(OC)c(C(=O)OC)c1.I. The number of esters is 1. The van der Waals surface area contributed by atoms with E-state index in [0.717, 1.165) is 17.9 Å². The number of nitrogens with one attached hydrogen (secondary N) is 2. The lowest BCUT2D eigenvalue weighted by molar-refractivity contribution is 0.0597. The molecule has 0 aromatic heterocycles. The van der Waals surface area contributed by atoms with Crippen LogP contribution in [0.5, 0.6) is 5.75 Å². The van der Waals surface area contributed by atoms with Crippen LogP contribution in [-0.2, 0) is 11.3 Å². The van der Waals surface area contributed by atoms with Crippen molar-refractivity contribution < 1.29 is 14.3 Å². The van der Waals surface area contributed by atoms with Crippen molar-refractivity contribution >= 4 is 47.7 Å². The summed E-state index contributed by atoms with van der Waals surface area (Å²) in [5, 5.41) is 6.53. The number of carbonyl (C=O) groups is 1. The second kappa shape index (κ2) is 13.3. The van der Waals surface area contributed by atoms with E-state index in [1.54, 1.807) is 30.9 Å². The predicted molar refractivity (Wildman–Crippen MR) is 125 cm³/mol. The Morgan fingerprint density at radius 1 is 1.11 bits per heavy atom. The van der Waals surface area contributed by atoms with E-state index in [2.05, 4.69) is 27.8 Å². The fourth-order valence-corrected chi connectivity index (χ4v) is 3.19. The van der Waals surface area contributed by atoms with Gasteiger partial charge in [-0.15, -0.1) is 35.7 Å². The highest BCUT2D eigenvalue weighted by Crippen LogP contribution is 2.20. The molecule has 0 heterocycles. The van der Waals surface area contributed by atoms with Crippen LogP contribution < -0.4 is 15.4 Å². The van der Waals surface area contributed by atoms with Gasteiger partial charge in [-0.3, -0.25) is 4.99 Å². The number of carbonyl (C=O) groups excluding carboxylic acids is 1. The molecule has 6 nitrogen and oxygen atoms in total. The van der Waals surface area contributed by atoms with Crippen LogP contribution >= 0.6 is 35.7 Å². The molecule has 0 bridgehead atoms. The van der Waals surface area contributed by atoms with Gasteiger partial charge in [0.15, 0.2) is 5.96 Å². The molecule has 0 radical (unpaired) electrons. The maximum atomic E-state index is 11.9. The van der Waals surface area contributed by atoms with Gasteiger partial charge in [-0.05, 0) is 29.8 Å². The van der Waals surface area contributed by atoms with Crippen LogP contribution in [0.25, 0.3) is 0 Å². The first-order chi connectivity index (χ1) is 13.2. The van der Waals surface area contributed by atoms with E-state index in [-0.39, 0.29) is 24.0 Å². The summed E-state index contributed by atoms with van der Waals surface area (Å²) < 4.78 is 10.0. The highest BCUT2D eigenvalue weighted by molar-refractivity contribution is 14.0. The Labute approximate surface area is 187 Å². The molecule has 2 aromatic rings. The van der Waals surface area contributed by atoms with E-state index < -0.39 is 5.97 Å². The maximum Gasteiger partial charge on any atom is 0.341 e. The minimum absolute atomic E-state index is 0. The van der Waals surface area contributed by atoms with Crippen molar-refractivity contribution in [1.82, 2.24) is 10.6 Å². The summed E-state index contributed by atoms with van der Waals surface area (Å²) in [4.78, 5) is 17.3. The average Bonchev–Trinajstić information content (AvgIpc) is 2.73. The molecule has 0 aliphatic carbocycles. The molecule has 152 valence electrons. The topological polar surface area (TPSA) is 72.0 Å². The Balaban J connectivity index is 0.00000392. The lowest BCUT2D eigenvalue weighted by Gasteiger charge is -2.13. The van der Waals surface area contributed by atoms with Crippen molar-refractivity contribution in [3.63, 3.8) is 0 Å². The largest absolute Gasteiger partial charge is 0.496 e. The van der Waals surface area contributed by atoms with Crippen LogP contribution in [0.1, 0.15) is 15.9 Å². The van der Waals surface area contributed by atoms with Crippen LogP contribution in [0.15, 0.2) is 58.4 Å². The average molecular weight is 515 g/mol. The summed E-state index contributed by atoms with van der Waals surface area (Å²) in [5.41, 5.74) is 1.33. The molecule has 28 heavy (non-hydrogen) atoms. The van der Waals surface area contributed by atoms with Crippen molar-refractivity contribution in [2.45, 2.75) is 11.4 Å². The van der Waals surface area contributed by atoms with E-state index in [1.165, 1.54) is 19.1 Å². The molecule has 0 spiro atoms. The summed E-state index contributed by atoms with van der Waals surface area (Å²) in [5.74, 6) is 1.71. The number of hydrogen-bond acceptors (Lipinski definition) is 5. The quantitative estimate of drug-likeness (QED) is 0.140. The van der Waals surface area contributed by atoms with Crippen molar-refractivity contribution in [1.29, 1.82) is 0 Å². The minimum atomic E-state index is -0.422. The molecule has 0 aliphatic heterocycles. The number of hydrogen-bond donors (Lipinski definition) is 2.